The zero-order chi connectivity index (χ0) is 15.7. The fourth-order valence-electron chi connectivity index (χ4n) is 1.89. The highest BCUT2D eigenvalue weighted by molar-refractivity contribution is 7.98. The highest BCUT2D eigenvalue weighted by atomic mass is 35.5. The number of phenolic OH excluding ortho intramolecular Hbond substituents is 1. The van der Waals surface area contributed by atoms with E-state index in [2.05, 4.69) is 9.71 Å². The van der Waals surface area contributed by atoms with Crippen LogP contribution in [0.15, 0.2) is 41.3 Å². The van der Waals surface area contributed by atoms with Gasteiger partial charge in [-0.05, 0) is 36.2 Å². The van der Waals surface area contributed by atoms with Gasteiger partial charge in [-0.25, -0.2) is 9.78 Å². The third kappa shape index (κ3) is 2.96. The van der Waals surface area contributed by atoms with Crippen molar-refractivity contribution in [2.24, 2.45) is 5.73 Å². The first-order chi connectivity index (χ1) is 10.5. The molecule has 1 heterocycles. The summed E-state index contributed by atoms with van der Waals surface area (Å²) in [4.78, 5) is 15.9. The van der Waals surface area contributed by atoms with Crippen molar-refractivity contribution in [1.82, 2.24) is 9.71 Å². The molecule has 0 aliphatic heterocycles. The third-order valence-corrected chi connectivity index (χ3v) is 4.96. The highest BCUT2D eigenvalue weighted by Crippen LogP contribution is 2.41. The quantitative estimate of drug-likeness (QED) is 0.622. The van der Waals surface area contributed by atoms with Gasteiger partial charge >= 0.3 is 6.03 Å². The third-order valence-electron chi connectivity index (χ3n) is 2.83. The Morgan fingerprint density at radius 1 is 1.36 bits per heavy atom. The first kappa shape index (κ1) is 15.0. The van der Waals surface area contributed by atoms with Crippen LogP contribution < -0.4 is 10.5 Å². The van der Waals surface area contributed by atoms with E-state index in [0.29, 0.717) is 15.5 Å². The van der Waals surface area contributed by atoms with Gasteiger partial charge in [-0.15, -0.1) is 11.3 Å². The molecule has 0 atom stereocenters. The summed E-state index contributed by atoms with van der Waals surface area (Å²) < 4.78 is 3.43. The SMILES string of the molecule is NC(=O)NSc1cc(Cl)c(O)c(-c2nc3ccccc3s2)c1. The zero-order valence-electron chi connectivity index (χ0n) is 11.0. The molecule has 0 saturated carbocycles. The number of hydrogen-bond donors (Lipinski definition) is 3. The summed E-state index contributed by atoms with van der Waals surface area (Å²) >= 11 is 8.53. The molecule has 5 nitrogen and oxygen atoms in total. The fraction of sp³-hybridized carbons (Fsp3) is 0. The Balaban J connectivity index is 2.06. The van der Waals surface area contributed by atoms with Crippen LogP contribution in [0.5, 0.6) is 5.75 Å². The van der Waals surface area contributed by atoms with Crippen molar-refractivity contribution in [3.8, 4) is 16.3 Å². The van der Waals surface area contributed by atoms with E-state index in [1.54, 1.807) is 12.1 Å². The normalized spacial score (nSPS) is 10.8. The van der Waals surface area contributed by atoms with Crippen molar-refractivity contribution < 1.29 is 9.90 Å². The minimum atomic E-state index is -0.657. The van der Waals surface area contributed by atoms with Gasteiger partial charge < -0.3 is 10.8 Å². The van der Waals surface area contributed by atoms with Crippen molar-refractivity contribution in [2.75, 3.05) is 0 Å². The maximum Gasteiger partial charge on any atom is 0.322 e. The van der Waals surface area contributed by atoms with E-state index in [9.17, 15) is 9.90 Å². The number of amides is 2. The smallest absolute Gasteiger partial charge is 0.322 e. The van der Waals surface area contributed by atoms with Gasteiger partial charge in [-0.2, -0.15) is 0 Å². The van der Waals surface area contributed by atoms with Crippen LogP contribution in [0, 0.1) is 0 Å². The number of rotatable bonds is 3. The summed E-state index contributed by atoms with van der Waals surface area (Å²) in [6.07, 6.45) is 0. The van der Waals surface area contributed by atoms with E-state index in [1.807, 2.05) is 24.3 Å². The molecular weight excluding hydrogens is 342 g/mol. The summed E-state index contributed by atoms with van der Waals surface area (Å²) in [6, 6.07) is 10.3. The Morgan fingerprint density at radius 3 is 2.86 bits per heavy atom. The van der Waals surface area contributed by atoms with Crippen LogP contribution in [0.3, 0.4) is 0 Å². The number of nitrogens with zero attached hydrogens (tertiary/aromatic N) is 1. The lowest BCUT2D eigenvalue weighted by Crippen LogP contribution is -2.22. The summed E-state index contributed by atoms with van der Waals surface area (Å²) in [7, 11) is 0. The molecule has 3 rings (SSSR count). The zero-order valence-corrected chi connectivity index (χ0v) is 13.4. The van der Waals surface area contributed by atoms with E-state index < -0.39 is 6.03 Å². The molecule has 0 fully saturated rings. The molecule has 22 heavy (non-hydrogen) atoms. The van der Waals surface area contributed by atoms with Gasteiger partial charge in [0.1, 0.15) is 10.8 Å². The summed E-state index contributed by atoms with van der Waals surface area (Å²) in [5.41, 5.74) is 6.41. The Morgan fingerprint density at radius 2 is 2.14 bits per heavy atom. The van der Waals surface area contributed by atoms with Gasteiger partial charge in [0.15, 0.2) is 0 Å². The average molecular weight is 352 g/mol. The van der Waals surface area contributed by atoms with Crippen molar-refractivity contribution >= 4 is 51.1 Å². The number of hydrogen-bond acceptors (Lipinski definition) is 5. The van der Waals surface area contributed by atoms with Crippen molar-refractivity contribution in [2.45, 2.75) is 4.90 Å². The predicted molar refractivity (Wildman–Crippen MR) is 90.3 cm³/mol. The Kier molecular flexibility index (Phi) is 4.10. The molecule has 0 bridgehead atoms. The summed E-state index contributed by atoms with van der Waals surface area (Å²) in [5, 5.41) is 11.0. The lowest BCUT2D eigenvalue weighted by atomic mass is 10.2. The van der Waals surface area contributed by atoms with E-state index >= 15 is 0 Å². The van der Waals surface area contributed by atoms with Gasteiger partial charge in [-0.1, -0.05) is 23.7 Å². The topological polar surface area (TPSA) is 88.2 Å². The molecule has 3 aromatic rings. The monoisotopic (exact) mass is 351 g/mol. The largest absolute Gasteiger partial charge is 0.506 e. The number of phenols is 1. The van der Waals surface area contributed by atoms with Gasteiger partial charge in [0.05, 0.1) is 20.8 Å². The van der Waals surface area contributed by atoms with Crippen LogP contribution in [-0.2, 0) is 0 Å². The fourth-order valence-corrected chi connectivity index (χ4v) is 3.73. The maximum absolute atomic E-state index is 10.8. The standard InChI is InChI=1S/C14H10ClN3O2S2/c15-9-6-7(22-18-14(16)20)5-8(12(9)19)13-17-10-3-1-2-4-11(10)21-13/h1-6,19H,(H3,16,18,20). The number of nitrogens with two attached hydrogens (primary N) is 1. The number of benzene rings is 2. The summed E-state index contributed by atoms with van der Waals surface area (Å²) in [5.74, 6) is -0.0378. The molecule has 0 radical (unpaired) electrons. The van der Waals surface area contributed by atoms with Crippen molar-refractivity contribution in [1.29, 1.82) is 0 Å². The Bertz CT molecular complexity index is 833. The number of carbonyl (C=O) groups is 1. The first-order valence-corrected chi connectivity index (χ1v) is 8.16. The number of aromatic nitrogens is 1. The molecule has 2 amide bonds. The van der Waals surface area contributed by atoms with Crippen molar-refractivity contribution in [3.05, 3.63) is 41.4 Å². The van der Waals surface area contributed by atoms with E-state index in [0.717, 1.165) is 22.2 Å². The van der Waals surface area contributed by atoms with Gasteiger partial charge in [0.2, 0.25) is 0 Å². The van der Waals surface area contributed by atoms with Crippen LogP contribution in [0.2, 0.25) is 5.02 Å². The number of halogens is 1. The number of nitrogens with one attached hydrogen (secondary N) is 1. The van der Waals surface area contributed by atoms with Crippen LogP contribution >= 0.6 is 34.9 Å². The number of urea groups is 1. The van der Waals surface area contributed by atoms with Crippen LogP contribution in [0.25, 0.3) is 20.8 Å². The number of primary amides is 1. The van der Waals surface area contributed by atoms with Gasteiger partial charge in [0, 0.05) is 4.90 Å². The van der Waals surface area contributed by atoms with Gasteiger partial charge in [0.25, 0.3) is 0 Å². The molecule has 1 aromatic heterocycles. The van der Waals surface area contributed by atoms with E-state index in [4.69, 9.17) is 17.3 Å². The molecule has 0 aliphatic rings. The molecule has 112 valence electrons. The van der Waals surface area contributed by atoms with Crippen LogP contribution in [-0.4, -0.2) is 16.1 Å². The predicted octanol–water partition coefficient (Wildman–Crippen LogP) is 4.00. The van der Waals surface area contributed by atoms with Crippen LogP contribution in [0.1, 0.15) is 0 Å². The Hall–Kier alpha value is -1.96. The minimum Gasteiger partial charge on any atom is -0.506 e. The molecule has 0 aliphatic carbocycles. The maximum atomic E-state index is 10.8. The van der Waals surface area contributed by atoms with E-state index in [-0.39, 0.29) is 10.8 Å². The number of thiazole rings is 1. The molecule has 8 heteroatoms. The second-order valence-electron chi connectivity index (χ2n) is 4.36. The number of aromatic hydroxyl groups is 1. The minimum absolute atomic E-state index is 0.0378. The second kappa shape index (κ2) is 6.04. The van der Waals surface area contributed by atoms with Gasteiger partial charge in [-0.3, -0.25) is 4.72 Å². The molecular formula is C14H10ClN3O2S2. The molecule has 0 unspecified atom stereocenters. The number of fused-ring (bicyclic) bond motifs is 1. The number of carbonyl (C=O) groups excluding carboxylic acids is 1. The number of para-hydroxylation sites is 1. The lowest BCUT2D eigenvalue weighted by molar-refractivity contribution is 0.254. The molecule has 0 saturated heterocycles. The average Bonchev–Trinajstić information content (AvgIpc) is 2.91. The van der Waals surface area contributed by atoms with Crippen molar-refractivity contribution in [3.63, 3.8) is 0 Å². The summed E-state index contributed by atoms with van der Waals surface area (Å²) in [6.45, 7) is 0. The molecule has 0 spiro atoms. The van der Waals surface area contributed by atoms with E-state index in [1.165, 1.54) is 11.3 Å². The highest BCUT2D eigenvalue weighted by Gasteiger charge is 2.15. The Labute approximate surface area is 139 Å². The lowest BCUT2D eigenvalue weighted by Gasteiger charge is -2.07. The second-order valence-corrected chi connectivity index (χ2v) is 6.67. The van der Waals surface area contributed by atoms with Crippen LogP contribution in [0.4, 0.5) is 4.79 Å². The molecule has 2 aromatic carbocycles. The first-order valence-electron chi connectivity index (χ1n) is 6.15. The molecule has 4 N–H and O–H groups in total.